The van der Waals surface area contributed by atoms with Gasteiger partial charge in [-0.2, -0.15) is 0 Å². The van der Waals surface area contributed by atoms with E-state index in [1.807, 2.05) is 0 Å². The Hall–Kier alpha value is -0.570. The van der Waals surface area contributed by atoms with Crippen molar-refractivity contribution < 1.29 is 4.79 Å². The van der Waals surface area contributed by atoms with E-state index in [9.17, 15) is 4.79 Å². The number of carbonyl (C=O) groups excluding carboxylic acids is 1. The highest BCUT2D eigenvalue weighted by molar-refractivity contribution is 5.77. The van der Waals surface area contributed by atoms with Gasteiger partial charge in [0.05, 0.1) is 0 Å². The van der Waals surface area contributed by atoms with Crippen LogP contribution in [0.3, 0.4) is 0 Å². The lowest BCUT2D eigenvalue weighted by molar-refractivity contribution is -0.156. The van der Waals surface area contributed by atoms with Gasteiger partial charge in [0.1, 0.15) is 0 Å². The second-order valence-electron chi connectivity index (χ2n) is 9.38. The molecule has 0 spiro atoms. The summed E-state index contributed by atoms with van der Waals surface area (Å²) in [7, 11) is 0. The molecule has 20 heavy (non-hydrogen) atoms. The quantitative estimate of drug-likeness (QED) is 0.832. The van der Waals surface area contributed by atoms with E-state index in [4.69, 9.17) is 5.73 Å². The molecule has 0 aromatic heterocycles. The van der Waals surface area contributed by atoms with Crippen LogP contribution >= 0.6 is 0 Å². The summed E-state index contributed by atoms with van der Waals surface area (Å²) in [6, 6.07) is 0.480. The Bertz CT molecular complexity index is 442. The average Bonchev–Trinajstić information content (AvgIpc) is 2.86. The van der Waals surface area contributed by atoms with Crippen molar-refractivity contribution in [1.29, 1.82) is 0 Å². The third-order valence-electron chi connectivity index (χ3n) is 6.46. The molecule has 5 aliphatic rings. The van der Waals surface area contributed by atoms with Gasteiger partial charge in [0.15, 0.2) is 0 Å². The van der Waals surface area contributed by atoms with Crippen LogP contribution < -0.4 is 11.1 Å². The molecule has 5 rings (SSSR count). The standard InChI is InChI=1S/C17H28N2O/c1-15-4-11-5-16(2,8-15)10-17(6-11,9-15)7-14(20)19-13-3-12(13)18/h11-13H,3-10,18H2,1-2H3,(H,19,20). The third kappa shape index (κ3) is 2.09. The molecule has 4 unspecified atom stereocenters. The second kappa shape index (κ2) is 3.79. The molecular weight excluding hydrogens is 248 g/mol. The van der Waals surface area contributed by atoms with E-state index < -0.39 is 0 Å². The normalized spacial score (nSPS) is 55.9. The lowest BCUT2D eigenvalue weighted by atomic mass is 9.40. The van der Waals surface area contributed by atoms with Gasteiger partial charge in [0.2, 0.25) is 5.91 Å². The van der Waals surface area contributed by atoms with Gasteiger partial charge in [-0.3, -0.25) is 4.79 Å². The summed E-state index contributed by atoms with van der Waals surface area (Å²) in [5.74, 6) is 1.13. The van der Waals surface area contributed by atoms with E-state index in [2.05, 4.69) is 19.2 Å². The third-order valence-corrected chi connectivity index (χ3v) is 6.46. The molecule has 112 valence electrons. The molecule has 3 heteroatoms. The monoisotopic (exact) mass is 276 g/mol. The number of hydrogen-bond acceptors (Lipinski definition) is 2. The minimum atomic E-state index is 0.213. The number of nitrogens with one attached hydrogen (secondary N) is 1. The molecule has 5 saturated carbocycles. The average molecular weight is 276 g/mol. The fourth-order valence-electron chi connectivity index (χ4n) is 6.86. The molecule has 0 saturated heterocycles. The number of hydrogen-bond donors (Lipinski definition) is 2. The fourth-order valence-corrected chi connectivity index (χ4v) is 6.86. The van der Waals surface area contributed by atoms with Crippen molar-refractivity contribution in [2.24, 2.45) is 27.9 Å². The van der Waals surface area contributed by atoms with Crippen LogP contribution in [-0.4, -0.2) is 18.0 Å². The minimum absolute atomic E-state index is 0.213. The molecular formula is C17H28N2O. The Labute approximate surface area is 122 Å². The van der Waals surface area contributed by atoms with Crippen LogP contribution in [0.25, 0.3) is 0 Å². The van der Waals surface area contributed by atoms with E-state index in [0.717, 1.165) is 18.8 Å². The number of amides is 1. The summed E-state index contributed by atoms with van der Waals surface area (Å²) in [4.78, 5) is 12.4. The highest BCUT2D eigenvalue weighted by atomic mass is 16.1. The van der Waals surface area contributed by atoms with Gasteiger partial charge in [-0.1, -0.05) is 13.8 Å². The predicted molar refractivity (Wildman–Crippen MR) is 79.0 cm³/mol. The summed E-state index contributed by atoms with van der Waals surface area (Å²) < 4.78 is 0. The summed E-state index contributed by atoms with van der Waals surface area (Å²) >= 11 is 0. The van der Waals surface area contributed by atoms with E-state index >= 15 is 0 Å². The molecule has 0 aliphatic heterocycles. The molecule has 5 fully saturated rings. The highest BCUT2D eigenvalue weighted by Gasteiger charge is 2.60. The van der Waals surface area contributed by atoms with Gasteiger partial charge >= 0.3 is 0 Å². The fraction of sp³-hybridized carbons (Fsp3) is 0.941. The van der Waals surface area contributed by atoms with E-state index in [0.29, 0.717) is 16.2 Å². The van der Waals surface area contributed by atoms with E-state index in [1.165, 1.54) is 38.5 Å². The maximum absolute atomic E-state index is 12.4. The number of rotatable bonds is 3. The van der Waals surface area contributed by atoms with Crippen molar-refractivity contribution in [3.63, 3.8) is 0 Å². The smallest absolute Gasteiger partial charge is 0.220 e. The first-order valence-corrected chi connectivity index (χ1v) is 8.34. The van der Waals surface area contributed by atoms with Crippen LogP contribution in [0.1, 0.15) is 65.2 Å². The molecule has 1 amide bonds. The first kappa shape index (κ1) is 13.1. The molecule has 3 N–H and O–H groups in total. The largest absolute Gasteiger partial charge is 0.352 e. The Kier molecular flexibility index (Phi) is 2.49. The van der Waals surface area contributed by atoms with Crippen LogP contribution in [0.5, 0.6) is 0 Å². The topological polar surface area (TPSA) is 55.1 Å². The summed E-state index contributed by atoms with van der Waals surface area (Å²) in [5, 5.41) is 3.14. The molecule has 0 aromatic carbocycles. The first-order valence-electron chi connectivity index (χ1n) is 8.34. The van der Waals surface area contributed by atoms with Crippen LogP contribution in [0.4, 0.5) is 0 Å². The van der Waals surface area contributed by atoms with Gasteiger partial charge in [0.25, 0.3) is 0 Å². The Morgan fingerprint density at radius 3 is 2.25 bits per heavy atom. The van der Waals surface area contributed by atoms with Crippen molar-refractivity contribution in [2.45, 2.75) is 77.3 Å². The van der Waals surface area contributed by atoms with Gasteiger partial charge in [-0.05, 0) is 67.1 Å². The Morgan fingerprint density at radius 1 is 1.15 bits per heavy atom. The molecule has 4 bridgehead atoms. The highest BCUT2D eigenvalue weighted by Crippen LogP contribution is 2.70. The van der Waals surface area contributed by atoms with Crippen molar-refractivity contribution in [3.05, 3.63) is 0 Å². The maximum Gasteiger partial charge on any atom is 0.220 e. The van der Waals surface area contributed by atoms with Gasteiger partial charge in [-0.25, -0.2) is 0 Å². The molecule has 0 radical (unpaired) electrons. The Morgan fingerprint density at radius 2 is 1.75 bits per heavy atom. The minimum Gasteiger partial charge on any atom is -0.352 e. The van der Waals surface area contributed by atoms with Crippen molar-refractivity contribution in [2.75, 3.05) is 0 Å². The number of carbonyl (C=O) groups is 1. The SMILES string of the molecule is CC12CC3CC(C)(C1)CC(CC(=O)NC1CC1N)(C3)C2. The Balaban J connectivity index is 1.50. The van der Waals surface area contributed by atoms with Gasteiger partial charge in [-0.15, -0.1) is 0 Å². The zero-order valence-electron chi connectivity index (χ0n) is 12.9. The maximum atomic E-state index is 12.4. The van der Waals surface area contributed by atoms with Crippen molar-refractivity contribution in [3.8, 4) is 0 Å². The van der Waals surface area contributed by atoms with Gasteiger partial charge < -0.3 is 11.1 Å². The van der Waals surface area contributed by atoms with Gasteiger partial charge in [0, 0.05) is 18.5 Å². The zero-order chi connectivity index (χ0) is 14.2. The molecule has 0 heterocycles. The van der Waals surface area contributed by atoms with Crippen molar-refractivity contribution >= 4 is 5.91 Å². The first-order chi connectivity index (χ1) is 9.29. The summed E-state index contributed by atoms with van der Waals surface area (Å²) in [6.07, 6.45) is 9.75. The van der Waals surface area contributed by atoms with Crippen LogP contribution in [-0.2, 0) is 4.79 Å². The van der Waals surface area contributed by atoms with Crippen LogP contribution in [0.15, 0.2) is 0 Å². The van der Waals surface area contributed by atoms with Crippen molar-refractivity contribution in [1.82, 2.24) is 5.32 Å². The second-order valence-corrected chi connectivity index (χ2v) is 9.38. The van der Waals surface area contributed by atoms with E-state index in [1.54, 1.807) is 0 Å². The summed E-state index contributed by atoms with van der Waals surface area (Å²) in [6.45, 7) is 4.94. The molecule has 5 aliphatic carbocycles. The molecule has 3 nitrogen and oxygen atoms in total. The number of nitrogens with two attached hydrogens (primary N) is 1. The molecule has 0 aromatic rings. The van der Waals surface area contributed by atoms with E-state index in [-0.39, 0.29) is 18.0 Å². The van der Waals surface area contributed by atoms with Crippen LogP contribution in [0.2, 0.25) is 0 Å². The molecule has 4 atom stereocenters. The zero-order valence-corrected chi connectivity index (χ0v) is 12.9. The summed E-state index contributed by atoms with van der Waals surface area (Å²) in [5.41, 5.74) is 7.11. The lowest BCUT2D eigenvalue weighted by Crippen LogP contribution is -2.56. The predicted octanol–water partition coefficient (Wildman–Crippen LogP) is 2.59. The van der Waals surface area contributed by atoms with Crippen LogP contribution in [0, 0.1) is 22.2 Å². The lowest BCUT2D eigenvalue weighted by Gasteiger charge is -2.65.